The van der Waals surface area contributed by atoms with Crippen LogP contribution in [0.15, 0.2) is 18.2 Å². The quantitative estimate of drug-likeness (QED) is 0.685. The maximum absolute atomic E-state index is 13.9. The van der Waals surface area contributed by atoms with Gasteiger partial charge < -0.3 is 10.2 Å². The van der Waals surface area contributed by atoms with Crippen LogP contribution in [0.3, 0.4) is 0 Å². The van der Waals surface area contributed by atoms with Crippen molar-refractivity contribution in [3.05, 3.63) is 34.1 Å². The number of nitro groups is 1. The predicted octanol–water partition coefficient (Wildman–Crippen LogP) is 2.94. The summed E-state index contributed by atoms with van der Waals surface area (Å²) in [5.74, 6) is -0.814. The van der Waals surface area contributed by atoms with Crippen LogP contribution in [0.2, 0.25) is 0 Å². The molecule has 1 heterocycles. The molecule has 0 aliphatic carbocycles. The summed E-state index contributed by atoms with van der Waals surface area (Å²) in [5, 5.41) is 13.4. The van der Waals surface area contributed by atoms with Crippen LogP contribution in [0, 0.1) is 15.9 Å². The van der Waals surface area contributed by atoms with Gasteiger partial charge in [-0.05, 0) is 39.2 Å². The molecule has 22 heavy (non-hydrogen) atoms. The van der Waals surface area contributed by atoms with Crippen molar-refractivity contribution in [2.75, 3.05) is 11.9 Å². The van der Waals surface area contributed by atoms with E-state index in [9.17, 15) is 19.3 Å². The highest BCUT2D eigenvalue weighted by molar-refractivity contribution is 5.84. The molecule has 1 aliphatic heterocycles. The standard InChI is InChI=1S/C15H20FN3O3/c1-10-5-3-4-8-18(10)15(20)11(2)17-14-7-6-12(19(21)22)9-13(14)16/h6-7,9-11,17H,3-5,8H2,1-2H3. The van der Waals surface area contributed by atoms with Crippen molar-refractivity contribution in [2.24, 2.45) is 0 Å². The molecule has 1 aromatic carbocycles. The van der Waals surface area contributed by atoms with Crippen LogP contribution in [0.4, 0.5) is 15.8 Å². The van der Waals surface area contributed by atoms with Crippen molar-refractivity contribution in [3.8, 4) is 0 Å². The second-order valence-corrected chi connectivity index (χ2v) is 5.66. The average molecular weight is 309 g/mol. The highest BCUT2D eigenvalue weighted by Gasteiger charge is 2.27. The zero-order valence-corrected chi connectivity index (χ0v) is 12.7. The number of hydrogen-bond donors (Lipinski definition) is 1. The molecule has 1 fully saturated rings. The topological polar surface area (TPSA) is 75.5 Å². The first-order valence-electron chi connectivity index (χ1n) is 7.41. The lowest BCUT2D eigenvalue weighted by atomic mass is 10.0. The van der Waals surface area contributed by atoms with Gasteiger partial charge in [0, 0.05) is 18.7 Å². The van der Waals surface area contributed by atoms with Crippen molar-refractivity contribution >= 4 is 17.3 Å². The molecule has 2 rings (SSSR count). The highest BCUT2D eigenvalue weighted by Crippen LogP contribution is 2.22. The number of non-ortho nitro benzene ring substituents is 1. The van der Waals surface area contributed by atoms with Crippen molar-refractivity contribution in [1.29, 1.82) is 0 Å². The molecule has 7 heteroatoms. The third-order valence-electron chi connectivity index (χ3n) is 3.99. The fourth-order valence-corrected chi connectivity index (χ4v) is 2.70. The van der Waals surface area contributed by atoms with Gasteiger partial charge in [0.1, 0.15) is 6.04 Å². The smallest absolute Gasteiger partial charge is 0.272 e. The molecule has 6 nitrogen and oxygen atoms in total. The first-order chi connectivity index (χ1) is 10.4. The van der Waals surface area contributed by atoms with Gasteiger partial charge in [0.25, 0.3) is 5.69 Å². The number of hydrogen-bond acceptors (Lipinski definition) is 4. The lowest BCUT2D eigenvalue weighted by Crippen LogP contribution is -2.48. The lowest BCUT2D eigenvalue weighted by Gasteiger charge is -2.35. The molecule has 2 unspecified atom stereocenters. The van der Waals surface area contributed by atoms with E-state index in [1.807, 2.05) is 11.8 Å². The van der Waals surface area contributed by atoms with Crippen LogP contribution in [-0.4, -0.2) is 34.4 Å². The number of halogens is 1. The summed E-state index contributed by atoms with van der Waals surface area (Å²) < 4.78 is 13.9. The number of nitrogens with zero attached hydrogens (tertiary/aromatic N) is 2. The Morgan fingerprint density at radius 1 is 1.50 bits per heavy atom. The number of likely N-dealkylation sites (tertiary alicyclic amines) is 1. The van der Waals surface area contributed by atoms with Crippen molar-refractivity contribution in [1.82, 2.24) is 4.90 Å². The average Bonchev–Trinajstić information content (AvgIpc) is 2.48. The third-order valence-corrected chi connectivity index (χ3v) is 3.99. The summed E-state index contributed by atoms with van der Waals surface area (Å²) in [5.41, 5.74) is -0.220. The molecule has 1 saturated heterocycles. The highest BCUT2D eigenvalue weighted by atomic mass is 19.1. The van der Waals surface area contributed by atoms with Crippen LogP contribution >= 0.6 is 0 Å². The number of nitro benzene ring substituents is 1. The van der Waals surface area contributed by atoms with Gasteiger partial charge in [-0.1, -0.05) is 0 Å². The second kappa shape index (κ2) is 6.72. The molecule has 0 saturated carbocycles. The number of piperidine rings is 1. The van der Waals surface area contributed by atoms with Crippen molar-refractivity contribution in [2.45, 2.75) is 45.2 Å². The van der Waals surface area contributed by atoms with E-state index in [0.29, 0.717) is 0 Å². The SMILES string of the molecule is CC(Nc1ccc([N+](=O)[O-])cc1F)C(=O)N1CCCCC1C. The van der Waals surface area contributed by atoms with Crippen LogP contribution in [0.25, 0.3) is 0 Å². The summed E-state index contributed by atoms with van der Waals surface area (Å²) in [7, 11) is 0. The summed E-state index contributed by atoms with van der Waals surface area (Å²) in [4.78, 5) is 24.2. The number of amides is 1. The Morgan fingerprint density at radius 3 is 2.82 bits per heavy atom. The van der Waals surface area contributed by atoms with Crippen LogP contribution < -0.4 is 5.32 Å². The van der Waals surface area contributed by atoms with Crippen molar-refractivity contribution in [3.63, 3.8) is 0 Å². The minimum Gasteiger partial charge on any atom is -0.372 e. The van der Waals surface area contributed by atoms with Gasteiger partial charge in [-0.25, -0.2) is 4.39 Å². The Morgan fingerprint density at radius 2 is 2.23 bits per heavy atom. The number of carbonyl (C=O) groups is 1. The summed E-state index contributed by atoms with van der Waals surface area (Å²) in [6.07, 6.45) is 3.07. The first kappa shape index (κ1) is 16.2. The maximum Gasteiger partial charge on any atom is 0.272 e. The van der Waals surface area contributed by atoms with E-state index < -0.39 is 16.8 Å². The van der Waals surface area contributed by atoms with E-state index in [2.05, 4.69) is 5.32 Å². The van der Waals surface area contributed by atoms with Gasteiger partial charge in [-0.15, -0.1) is 0 Å². The zero-order chi connectivity index (χ0) is 16.3. The molecule has 2 atom stereocenters. The first-order valence-corrected chi connectivity index (χ1v) is 7.41. The van der Waals surface area contributed by atoms with E-state index in [4.69, 9.17) is 0 Å². The van der Waals surface area contributed by atoms with Gasteiger partial charge in [-0.3, -0.25) is 14.9 Å². The Balaban J connectivity index is 2.06. The second-order valence-electron chi connectivity index (χ2n) is 5.66. The Kier molecular flexibility index (Phi) is 4.95. The molecule has 0 aromatic heterocycles. The number of rotatable bonds is 4. The normalized spacial score (nSPS) is 19.6. The van der Waals surface area contributed by atoms with E-state index in [1.54, 1.807) is 6.92 Å². The Bertz CT molecular complexity index is 579. The number of nitrogens with one attached hydrogen (secondary N) is 1. The minimum atomic E-state index is -0.736. The molecular weight excluding hydrogens is 289 g/mol. The van der Waals surface area contributed by atoms with Crippen LogP contribution in [-0.2, 0) is 4.79 Å². The number of anilines is 1. The van der Waals surface area contributed by atoms with Gasteiger partial charge in [0.05, 0.1) is 16.7 Å². The van der Waals surface area contributed by atoms with Gasteiger partial charge >= 0.3 is 0 Å². The molecule has 0 radical (unpaired) electrons. The van der Waals surface area contributed by atoms with Crippen molar-refractivity contribution < 1.29 is 14.1 Å². The molecule has 1 N–H and O–H groups in total. The third kappa shape index (κ3) is 3.52. The zero-order valence-electron chi connectivity index (χ0n) is 12.7. The Labute approximate surface area is 128 Å². The predicted molar refractivity (Wildman–Crippen MR) is 81.2 cm³/mol. The van der Waals surface area contributed by atoms with Crippen LogP contribution in [0.1, 0.15) is 33.1 Å². The molecule has 0 bridgehead atoms. The van der Waals surface area contributed by atoms with E-state index in [0.717, 1.165) is 31.9 Å². The number of carbonyl (C=O) groups excluding carboxylic acids is 1. The van der Waals surface area contributed by atoms with E-state index in [1.165, 1.54) is 12.1 Å². The van der Waals surface area contributed by atoms with Crippen LogP contribution in [0.5, 0.6) is 0 Å². The molecule has 120 valence electrons. The summed E-state index contributed by atoms with van der Waals surface area (Å²) in [6.45, 7) is 4.40. The molecule has 1 aromatic rings. The Hall–Kier alpha value is -2.18. The largest absolute Gasteiger partial charge is 0.372 e. The number of benzene rings is 1. The fraction of sp³-hybridized carbons (Fsp3) is 0.533. The van der Waals surface area contributed by atoms with E-state index >= 15 is 0 Å². The van der Waals surface area contributed by atoms with Gasteiger partial charge in [-0.2, -0.15) is 0 Å². The molecule has 1 aliphatic rings. The summed E-state index contributed by atoms with van der Waals surface area (Å²) in [6, 6.07) is 2.95. The van der Waals surface area contributed by atoms with E-state index in [-0.39, 0.29) is 23.3 Å². The lowest BCUT2D eigenvalue weighted by molar-refractivity contribution is -0.385. The fourth-order valence-electron chi connectivity index (χ4n) is 2.70. The monoisotopic (exact) mass is 309 g/mol. The molecule has 1 amide bonds. The molecular formula is C15H20FN3O3. The maximum atomic E-state index is 13.9. The summed E-state index contributed by atoms with van der Waals surface area (Å²) >= 11 is 0. The molecule has 0 spiro atoms. The van der Waals surface area contributed by atoms with Gasteiger partial charge in [0.15, 0.2) is 5.82 Å². The van der Waals surface area contributed by atoms with Gasteiger partial charge in [0.2, 0.25) is 5.91 Å². The minimum absolute atomic E-state index is 0.0787.